The number of amides is 1. The third-order valence-corrected chi connectivity index (χ3v) is 4.31. The van der Waals surface area contributed by atoms with E-state index in [0.29, 0.717) is 5.69 Å². The number of carboxylic acids is 1. The quantitative estimate of drug-likeness (QED) is 0.882. The van der Waals surface area contributed by atoms with Gasteiger partial charge >= 0.3 is 5.97 Å². The Kier molecular flexibility index (Phi) is 4.31. The van der Waals surface area contributed by atoms with E-state index in [0.717, 1.165) is 6.26 Å². The van der Waals surface area contributed by atoms with Crippen LogP contribution >= 0.6 is 0 Å². The molecule has 0 aliphatic rings. The Morgan fingerprint density at radius 2 is 1.68 bits per heavy atom. The van der Waals surface area contributed by atoms with Gasteiger partial charge in [-0.1, -0.05) is 0 Å². The topological polar surface area (TPSA) is 91.8 Å². The van der Waals surface area contributed by atoms with Crippen LogP contribution in [-0.2, 0) is 14.6 Å². The Labute approximate surface area is 111 Å². The highest BCUT2D eigenvalue weighted by molar-refractivity contribution is 7.92. The Balaban J connectivity index is 2.97. The normalized spacial score (nSPS) is 12.8. The zero-order valence-electron chi connectivity index (χ0n) is 10.8. The summed E-state index contributed by atoms with van der Waals surface area (Å²) < 4.78 is 22.7. The van der Waals surface area contributed by atoms with Crippen molar-refractivity contribution in [2.45, 2.75) is 12.2 Å². The van der Waals surface area contributed by atoms with E-state index in [1.165, 1.54) is 43.1 Å². The molecule has 0 heterocycles. The molecule has 6 nitrogen and oxygen atoms in total. The summed E-state index contributed by atoms with van der Waals surface area (Å²) in [7, 11) is -2.02. The van der Waals surface area contributed by atoms with Crippen molar-refractivity contribution < 1.29 is 23.1 Å². The van der Waals surface area contributed by atoms with E-state index >= 15 is 0 Å². The number of carboxylic acid groups (broad SMARTS) is 1. The van der Waals surface area contributed by atoms with E-state index in [4.69, 9.17) is 5.11 Å². The zero-order valence-corrected chi connectivity index (χ0v) is 11.6. The number of sulfone groups is 1. The Morgan fingerprint density at radius 1 is 1.21 bits per heavy atom. The van der Waals surface area contributed by atoms with Crippen molar-refractivity contribution in [1.29, 1.82) is 0 Å². The van der Waals surface area contributed by atoms with Gasteiger partial charge in [-0.2, -0.15) is 0 Å². The van der Waals surface area contributed by atoms with E-state index in [1.807, 2.05) is 0 Å². The lowest BCUT2D eigenvalue weighted by atomic mass is 10.2. The fourth-order valence-electron chi connectivity index (χ4n) is 1.41. The standard InChI is InChI=1S/C12H15NO5S/c1-8(19(3,17)18)11(14)13(2)10-6-4-9(5-7-10)12(15)16/h4-8H,1-3H3,(H,15,16). The molecular formula is C12H15NO5S. The number of rotatable bonds is 4. The molecule has 0 fully saturated rings. The molecule has 0 aromatic heterocycles. The molecule has 1 unspecified atom stereocenters. The molecule has 1 aromatic carbocycles. The second kappa shape index (κ2) is 5.40. The van der Waals surface area contributed by atoms with Crippen molar-refractivity contribution in [3.05, 3.63) is 29.8 Å². The van der Waals surface area contributed by atoms with Crippen molar-refractivity contribution in [2.24, 2.45) is 0 Å². The first-order valence-electron chi connectivity index (χ1n) is 5.44. The molecule has 0 saturated heterocycles. The van der Waals surface area contributed by atoms with Gasteiger partial charge in [-0.25, -0.2) is 13.2 Å². The maximum atomic E-state index is 11.9. The first-order valence-corrected chi connectivity index (χ1v) is 7.40. The van der Waals surface area contributed by atoms with Gasteiger partial charge in [0.05, 0.1) is 5.56 Å². The van der Waals surface area contributed by atoms with Gasteiger partial charge in [0.1, 0.15) is 5.25 Å². The first-order chi connectivity index (χ1) is 8.64. The van der Waals surface area contributed by atoms with Crippen molar-refractivity contribution in [3.63, 3.8) is 0 Å². The minimum Gasteiger partial charge on any atom is -0.478 e. The van der Waals surface area contributed by atoms with Crippen LogP contribution in [0, 0.1) is 0 Å². The summed E-state index contributed by atoms with van der Waals surface area (Å²) in [5, 5.41) is 7.62. The highest BCUT2D eigenvalue weighted by Gasteiger charge is 2.27. The summed E-state index contributed by atoms with van der Waals surface area (Å²) in [6, 6.07) is 5.62. The summed E-state index contributed by atoms with van der Waals surface area (Å²) in [6.07, 6.45) is 0.997. The smallest absolute Gasteiger partial charge is 0.335 e. The van der Waals surface area contributed by atoms with Crippen LogP contribution in [0.3, 0.4) is 0 Å². The minimum atomic E-state index is -3.46. The summed E-state index contributed by atoms with van der Waals surface area (Å²) in [6.45, 7) is 1.32. The Bertz CT molecular complexity index is 591. The monoisotopic (exact) mass is 285 g/mol. The largest absolute Gasteiger partial charge is 0.478 e. The number of hydrogen-bond donors (Lipinski definition) is 1. The average Bonchev–Trinajstić information content (AvgIpc) is 2.35. The van der Waals surface area contributed by atoms with Crippen LogP contribution in [0.2, 0.25) is 0 Å². The molecule has 0 aliphatic heterocycles. The van der Waals surface area contributed by atoms with Gasteiger partial charge in [0.15, 0.2) is 9.84 Å². The third-order valence-electron chi connectivity index (χ3n) is 2.82. The molecule has 0 bridgehead atoms. The van der Waals surface area contributed by atoms with Crippen LogP contribution < -0.4 is 4.90 Å². The van der Waals surface area contributed by atoms with Crippen molar-refractivity contribution in [1.82, 2.24) is 0 Å². The number of carbonyl (C=O) groups is 2. The number of aromatic carboxylic acids is 1. The lowest BCUT2D eigenvalue weighted by molar-refractivity contribution is -0.117. The number of carbonyl (C=O) groups excluding carboxylic acids is 1. The van der Waals surface area contributed by atoms with E-state index in [1.54, 1.807) is 0 Å². The van der Waals surface area contributed by atoms with Crippen LogP contribution in [0.4, 0.5) is 5.69 Å². The molecule has 1 aromatic rings. The molecule has 19 heavy (non-hydrogen) atoms. The lowest BCUT2D eigenvalue weighted by Gasteiger charge is -2.20. The second-order valence-electron chi connectivity index (χ2n) is 4.22. The molecule has 104 valence electrons. The fourth-order valence-corrected chi connectivity index (χ4v) is 1.94. The summed E-state index contributed by atoms with van der Waals surface area (Å²) in [5.74, 6) is -1.63. The highest BCUT2D eigenvalue weighted by atomic mass is 32.2. The fraction of sp³-hybridized carbons (Fsp3) is 0.333. The van der Waals surface area contributed by atoms with Gasteiger partial charge in [0.25, 0.3) is 0 Å². The highest BCUT2D eigenvalue weighted by Crippen LogP contribution is 2.16. The minimum absolute atomic E-state index is 0.0979. The number of benzene rings is 1. The molecule has 0 saturated carbocycles. The summed E-state index contributed by atoms with van der Waals surface area (Å²) >= 11 is 0. The van der Waals surface area contributed by atoms with E-state index in [2.05, 4.69) is 0 Å². The van der Waals surface area contributed by atoms with Gasteiger partial charge in [-0.15, -0.1) is 0 Å². The van der Waals surface area contributed by atoms with Crippen molar-refractivity contribution >= 4 is 27.4 Å². The predicted molar refractivity (Wildman–Crippen MR) is 71.1 cm³/mol. The molecule has 7 heteroatoms. The molecule has 0 spiro atoms. The van der Waals surface area contributed by atoms with Crippen molar-refractivity contribution in [3.8, 4) is 0 Å². The Hall–Kier alpha value is -1.89. The van der Waals surface area contributed by atoms with E-state index < -0.39 is 27.0 Å². The molecule has 1 rings (SSSR count). The van der Waals surface area contributed by atoms with Crippen LogP contribution in [0.5, 0.6) is 0 Å². The maximum Gasteiger partial charge on any atom is 0.335 e. The molecule has 1 atom stereocenters. The van der Waals surface area contributed by atoms with Crippen LogP contribution in [-0.4, -0.2) is 44.0 Å². The SMILES string of the molecule is CC(C(=O)N(C)c1ccc(C(=O)O)cc1)S(C)(=O)=O. The first kappa shape index (κ1) is 15.2. The molecule has 0 radical (unpaired) electrons. The van der Waals surface area contributed by atoms with Gasteiger partial charge in [0.2, 0.25) is 5.91 Å². The van der Waals surface area contributed by atoms with E-state index in [-0.39, 0.29) is 5.56 Å². The number of anilines is 1. The molecule has 0 aliphatic carbocycles. The molecule has 1 N–H and O–H groups in total. The van der Waals surface area contributed by atoms with Crippen molar-refractivity contribution in [2.75, 3.05) is 18.2 Å². The van der Waals surface area contributed by atoms with Gasteiger partial charge in [-0.05, 0) is 31.2 Å². The van der Waals surface area contributed by atoms with Gasteiger partial charge in [0, 0.05) is 19.0 Å². The van der Waals surface area contributed by atoms with Gasteiger partial charge < -0.3 is 10.0 Å². The number of nitrogens with zero attached hydrogens (tertiary/aromatic N) is 1. The second-order valence-corrected chi connectivity index (χ2v) is 6.59. The summed E-state index contributed by atoms with van der Waals surface area (Å²) in [5.41, 5.74) is 0.534. The number of hydrogen-bond acceptors (Lipinski definition) is 4. The predicted octanol–water partition coefficient (Wildman–Crippen LogP) is 0.781. The van der Waals surface area contributed by atoms with Crippen LogP contribution in [0.1, 0.15) is 17.3 Å². The molecule has 1 amide bonds. The van der Waals surface area contributed by atoms with Crippen LogP contribution in [0.15, 0.2) is 24.3 Å². The molecular weight excluding hydrogens is 270 g/mol. The lowest BCUT2D eigenvalue weighted by Crippen LogP contribution is -2.38. The maximum absolute atomic E-state index is 11.9. The zero-order chi connectivity index (χ0) is 14.8. The van der Waals surface area contributed by atoms with Crippen LogP contribution in [0.25, 0.3) is 0 Å². The Morgan fingerprint density at radius 3 is 2.05 bits per heavy atom. The summed E-state index contributed by atoms with van der Waals surface area (Å²) in [4.78, 5) is 23.8. The average molecular weight is 285 g/mol. The third kappa shape index (κ3) is 3.54. The van der Waals surface area contributed by atoms with E-state index in [9.17, 15) is 18.0 Å². The van der Waals surface area contributed by atoms with Gasteiger partial charge in [-0.3, -0.25) is 4.79 Å².